The Labute approximate surface area is 89.9 Å². The Hall–Kier alpha value is -1.35. The maximum atomic E-state index is 11.8. The fraction of sp³-hybridized carbons (Fsp3) is 0.417. The lowest BCUT2D eigenvalue weighted by Gasteiger charge is -2.21. The van der Waals surface area contributed by atoms with Crippen molar-refractivity contribution in [1.82, 2.24) is 5.32 Å². The summed E-state index contributed by atoms with van der Waals surface area (Å²) in [5, 5.41) is 6.17. The number of nitrogens with one attached hydrogen (secondary N) is 2. The van der Waals surface area contributed by atoms with Crippen molar-refractivity contribution in [2.24, 2.45) is 5.92 Å². The van der Waals surface area contributed by atoms with Gasteiger partial charge in [0.25, 0.3) is 0 Å². The Morgan fingerprint density at radius 1 is 1.33 bits per heavy atom. The van der Waals surface area contributed by atoms with Crippen LogP contribution in [-0.2, 0) is 4.79 Å². The third kappa shape index (κ3) is 2.80. The molecule has 0 bridgehead atoms. The Bertz CT molecular complexity index is 318. The highest BCUT2D eigenvalue weighted by Gasteiger charge is 2.20. The van der Waals surface area contributed by atoms with E-state index in [0.717, 1.165) is 31.6 Å². The van der Waals surface area contributed by atoms with Gasteiger partial charge >= 0.3 is 0 Å². The van der Waals surface area contributed by atoms with E-state index >= 15 is 0 Å². The minimum absolute atomic E-state index is 0.124. The molecule has 80 valence electrons. The van der Waals surface area contributed by atoms with Crippen molar-refractivity contribution in [2.75, 3.05) is 18.4 Å². The van der Waals surface area contributed by atoms with Crippen LogP contribution < -0.4 is 10.6 Å². The average molecular weight is 204 g/mol. The summed E-state index contributed by atoms with van der Waals surface area (Å²) in [7, 11) is 0. The van der Waals surface area contributed by atoms with Gasteiger partial charge in [0.1, 0.15) is 0 Å². The number of piperidine rings is 1. The van der Waals surface area contributed by atoms with Crippen LogP contribution in [0.5, 0.6) is 0 Å². The van der Waals surface area contributed by atoms with E-state index in [0.29, 0.717) is 0 Å². The molecule has 1 aliphatic heterocycles. The molecule has 1 aromatic rings. The van der Waals surface area contributed by atoms with Crippen molar-refractivity contribution in [3.8, 4) is 0 Å². The van der Waals surface area contributed by atoms with Crippen molar-refractivity contribution < 1.29 is 4.79 Å². The van der Waals surface area contributed by atoms with E-state index in [1.807, 2.05) is 30.3 Å². The van der Waals surface area contributed by atoms with Crippen molar-refractivity contribution in [3.63, 3.8) is 0 Å². The van der Waals surface area contributed by atoms with Crippen LogP contribution in [0.1, 0.15) is 12.8 Å². The highest BCUT2D eigenvalue weighted by Crippen LogP contribution is 2.13. The van der Waals surface area contributed by atoms with Gasteiger partial charge in [-0.15, -0.1) is 0 Å². The molecule has 1 heterocycles. The predicted molar refractivity (Wildman–Crippen MR) is 60.7 cm³/mol. The zero-order valence-electron chi connectivity index (χ0n) is 8.70. The standard InChI is InChI=1S/C12H16N2O/c15-12(10-5-4-8-13-9-10)14-11-6-2-1-3-7-11/h1-3,6-7,10,13H,4-5,8-9H2,(H,14,15). The molecule has 0 saturated carbocycles. The van der Waals surface area contributed by atoms with Gasteiger partial charge in [0.05, 0.1) is 5.92 Å². The molecule has 0 aliphatic carbocycles. The number of benzene rings is 1. The Balaban J connectivity index is 1.91. The second-order valence-electron chi connectivity index (χ2n) is 3.90. The lowest BCUT2D eigenvalue weighted by Crippen LogP contribution is -2.37. The summed E-state index contributed by atoms with van der Waals surface area (Å²) in [5.74, 6) is 0.257. The molecule has 1 amide bonds. The normalized spacial score (nSPS) is 20.9. The molecule has 1 atom stereocenters. The quantitative estimate of drug-likeness (QED) is 0.768. The molecular weight excluding hydrogens is 188 g/mol. The molecule has 0 spiro atoms. The van der Waals surface area contributed by atoms with Crippen molar-refractivity contribution >= 4 is 11.6 Å². The number of carbonyl (C=O) groups excluding carboxylic acids is 1. The first kappa shape index (κ1) is 10.2. The van der Waals surface area contributed by atoms with Gasteiger partial charge in [0.15, 0.2) is 0 Å². The number of hydrogen-bond donors (Lipinski definition) is 2. The van der Waals surface area contributed by atoms with E-state index in [1.165, 1.54) is 0 Å². The third-order valence-corrected chi connectivity index (χ3v) is 2.71. The van der Waals surface area contributed by atoms with Crippen LogP contribution in [0.2, 0.25) is 0 Å². The minimum Gasteiger partial charge on any atom is -0.326 e. The Kier molecular flexibility index (Phi) is 3.35. The van der Waals surface area contributed by atoms with Crippen LogP contribution >= 0.6 is 0 Å². The third-order valence-electron chi connectivity index (χ3n) is 2.71. The molecule has 2 rings (SSSR count). The molecular formula is C12H16N2O. The van der Waals surface area contributed by atoms with Gasteiger partial charge in [-0.25, -0.2) is 0 Å². The molecule has 1 aliphatic rings. The SMILES string of the molecule is O=C(Nc1ccccc1)C1CCCNC1. The average Bonchev–Trinajstić information content (AvgIpc) is 2.31. The predicted octanol–water partition coefficient (Wildman–Crippen LogP) is 1.62. The summed E-state index contributed by atoms with van der Waals surface area (Å²) >= 11 is 0. The fourth-order valence-electron chi connectivity index (χ4n) is 1.84. The van der Waals surface area contributed by atoms with Gasteiger partial charge in [-0.3, -0.25) is 4.79 Å². The highest BCUT2D eigenvalue weighted by atomic mass is 16.1. The molecule has 3 nitrogen and oxygen atoms in total. The van der Waals surface area contributed by atoms with Gasteiger partial charge in [0, 0.05) is 12.2 Å². The molecule has 1 fully saturated rings. The van der Waals surface area contributed by atoms with Gasteiger partial charge in [0.2, 0.25) is 5.91 Å². The van der Waals surface area contributed by atoms with Gasteiger partial charge < -0.3 is 10.6 Å². The fourth-order valence-corrected chi connectivity index (χ4v) is 1.84. The van der Waals surface area contributed by atoms with E-state index in [1.54, 1.807) is 0 Å². The largest absolute Gasteiger partial charge is 0.326 e. The van der Waals surface area contributed by atoms with E-state index in [2.05, 4.69) is 10.6 Å². The number of amides is 1. The molecule has 1 unspecified atom stereocenters. The Morgan fingerprint density at radius 2 is 2.13 bits per heavy atom. The summed E-state index contributed by atoms with van der Waals surface area (Å²) in [6, 6.07) is 9.61. The summed E-state index contributed by atoms with van der Waals surface area (Å²) < 4.78 is 0. The van der Waals surface area contributed by atoms with E-state index in [4.69, 9.17) is 0 Å². The first-order valence-electron chi connectivity index (χ1n) is 5.43. The number of hydrogen-bond acceptors (Lipinski definition) is 2. The van der Waals surface area contributed by atoms with Gasteiger partial charge in [-0.2, -0.15) is 0 Å². The molecule has 0 aromatic heterocycles. The molecule has 3 heteroatoms. The Morgan fingerprint density at radius 3 is 2.80 bits per heavy atom. The first-order valence-corrected chi connectivity index (χ1v) is 5.43. The molecule has 1 saturated heterocycles. The number of para-hydroxylation sites is 1. The monoisotopic (exact) mass is 204 g/mol. The van der Waals surface area contributed by atoms with Crippen molar-refractivity contribution in [1.29, 1.82) is 0 Å². The molecule has 15 heavy (non-hydrogen) atoms. The first-order chi connectivity index (χ1) is 7.36. The summed E-state index contributed by atoms with van der Waals surface area (Å²) in [6.45, 7) is 1.84. The van der Waals surface area contributed by atoms with Crippen LogP contribution in [0.15, 0.2) is 30.3 Å². The van der Waals surface area contributed by atoms with Gasteiger partial charge in [-0.1, -0.05) is 18.2 Å². The van der Waals surface area contributed by atoms with E-state index < -0.39 is 0 Å². The maximum absolute atomic E-state index is 11.8. The summed E-state index contributed by atoms with van der Waals surface area (Å²) in [5.41, 5.74) is 0.882. The topological polar surface area (TPSA) is 41.1 Å². The second kappa shape index (κ2) is 4.94. The number of rotatable bonds is 2. The maximum Gasteiger partial charge on any atom is 0.228 e. The van der Waals surface area contributed by atoms with Crippen molar-refractivity contribution in [3.05, 3.63) is 30.3 Å². The number of carbonyl (C=O) groups is 1. The van der Waals surface area contributed by atoms with E-state index in [9.17, 15) is 4.79 Å². The smallest absolute Gasteiger partial charge is 0.228 e. The van der Waals surface area contributed by atoms with Crippen LogP contribution in [0.3, 0.4) is 0 Å². The number of anilines is 1. The van der Waals surface area contributed by atoms with E-state index in [-0.39, 0.29) is 11.8 Å². The highest BCUT2D eigenvalue weighted by molar-refractivity contribution is 5.92. The van der Waals surface area contributed by atoms with Gasteiger partial charge in [-0.05, 0) is 31.5 Å². The molecule has 1 aromatic carbocycles. The summed E-state index contributed by atoms with van der Waals surface area (Å²) in [4.78, 5) is 11.8. The molecule has 0 radical (unpaired) electrons. The lowest BCUT2D eigenvalue weighted by atomic mass is 9.99. The van der Waals surface area contributed by atoms with Crippen LogP contribution in [0, 0.1) is 5.92 Å². The zero-order valence-corrected chi connectivity index (χ0v) is 8.70. The minimum atomic E-state index is 0.124. The summed E-state index contributed by atoms with van der Waals surface area (Å²) in [6.07, 6.45) is 2.08. The zero-order chi connectivity index (χ0) is 10.5. The van der Waals surface area contributed by atoms with Crippen molar-refractivity contribution in [2.45, 2.75) is 12.8 Å². The van der Waals surface area contributed by atoms with Crippen LogP contribution in [0.25, 0.3) is 0 Å². The molecule has 2 N–H and O–H groups in total. The van der Waals surface area contributed by atoms with Crippen LogP contribution in [0.4, 0.5) is 5.69 Å². The lowest BCUT2D eigenvalue weighted by molar-refractivity contribution is -0.120. The van der Waals surface area contributed by atoms with Crippen LogP contribution in [-0.4, -0.2) is 19.0 Å². The second-order valence-corrected chi connectivity index (χ2v) is 3.90.